The third-order valence-corrected chi connectivity index (χ3v) is 5.26. The second-order valence-corrected chi connectivity index (χ2v) is 7.46. The first-order valence-electron chi connectivity index (χ1n) is 10.2. The van der Waals surface area contributed by atoms with E-state index in [1.54, 1.807) is 36.4 Å². The first-order chi connectivity index (χ1) is 15.0. The molecule has 0 unspecified atom stereocenters. The van der Waals surface area contributed by atoms with Gasteiger partial charge in [-0.15, -0.1) is 0 Å². The number of imide groups is 1. The normalized spacial score (nSPS) is 17.2. The average molecular weight is 424 g/mol. The molecule has 2 aliphatic heterocycles. The number of rotatable bonds is 7. The second-order valence-electron chi connectivity index (χ2n) is 7.46. The van der Waals surface area contributed by atoms with E-state index in [4.69, 9.17) is 14.2 Å². The first kappa shape index (κ1) is 20.7. The highest BCUT2D eigenvalue weighted by Crippen LogP contribution is 2.34. The van der Waals surface area contributed by atoms with Crippen LogP contribution in [0.4, 0.5) is 5.69 Å². The van der Waals surface area contributed by atoms with Gasteiger partial charge in [-0.25, -0.2) is 4.90 Å². The van der Waals surface area contributed by atoms with Crippen LogP contribution in [0, 0.1) is 0 Å². The Labute approximate surface area is 180 Å². The van der Waals surface area contributed by atoms with Gasteiger partial charge < -0.3 is 19.1 Å². The lowest BCUT2D eigenvalue weighted by Gasteiger charge is -2.26. The largest absolute Gasteiger partial charge is 0.494 e. The highest BCUT2D eigenvalue weighted by atomic mass is 16.7. The monoisotopic (exact) mass is 424 g/mol. The van der Waals surface area contributed by atoms with E-state index < -0.39 is 11.9 Å². The predicted molar refractivity (Wildman–Crippen MR) is 112 cm³/mol. The van der Waals surface area contributed by atoms with Crippen molar-refractivity contribution in [1.82, 2.24) is 4.90 Å². The number of carbonyl (C=O) groups excluding carboxylic acids is 3. The lowest BCUT2D eigenvalue weighted by molar-refractivity contribution is -0.137. The van der Waals surface area contributed by atoms with Crippen LogP contribution in [-0.2, 0) is 20.9 Å². The Hall–Kier alpha value is -3.55. The molecule has 8 heteroatoms. The zero-order chi connectivity index (χ0) is 22.0. The van der Waals surface area contributed by atoms with E-state index in [0.717, 1.165) is 16.9 Å². The molecule has 0 aromatic heterocycles. The third kappa shape index (κ3) is 4.19. The van der Waals surface area contributed by atoms with Crippen LogP contribution in [0.5, 0.6) is 17.2 Å². The molecule has 0 bridgehead atoms. The molecule has 162 valence electrons. The Bertz CT molecular complexity index is 1000. The van der Waals surface area contributed by atoms with Gasteiger partial charge in [0.15, 0.2) is 11.5 Å². The minimum Gasteiger partial charge on any atom is -0.494 e. The Morgan fingerprint density at radius 1 is 1.13 bits per heavy atom. The summed E-state index contributed by atoms with van der Waals surface area (Å²) in [7, 11) is 0. The van der Waals surface area contributed by atoms with Crippen LogP contribution in [-0.4, -0.2) is 42.1 Å². The van der Waals surface area contributed by atoms with Crippen molar-refractivity contribution in [3.8, 4) is 17.2 Å². The lowest BCUT2D eigenvalue weighted by atomic mass is 10.1. The van der Waals surface area contributed by atoms with Crippen LogP contribution in [0.2, 0.25) is 0 Å². The molecule has 2 aliphatic rings. The fraction of sp³-hybridized carbons (Fsp3) is 0.348. The Morgan fingerprint density at radius 2 is 1.87 bits per heavy atom. The second kappa shape index (κ2) is 8.67. The van der Waals surface area contributed by atoms with Crippen LogP contribution in [0.25, 0.3) is 0 Å². The molecule has 3 amide bonds. The van der Waals surface area contributed by atoms with Crippen molar-refractivity contribution in [2.24, 2.45) is 0 Å². The minimum absolute atomic E-state index is 0.0585. The summed E-state index contributed by atoms with van der Waals surface area (Å²) in [4.78, 5) is 40.8. The van der Waals surface area contributed by atoms with Crippen LogP contribution >= 0.6 is 0 Å². The van der Waals surface area contributed by atoms with Crippen LogP contribution in [0.15, 0.2) is 42.5 Å². The first-order valence-corrected chi connectivity index (χ1v) is 10.2. The van der Waals surface area contributed by atoms with Gasteiger partial charge in [0.1, 0.15) is 11.8 Å². The van der Waals surface area contributed by atoms with Gasteiger partial charge in [-0.3, -0.25) is 14.4 Å². The van der Waals surface area contributed by atoms with Crippen LogP contribution < -0.4 is 19.1 Å². The summed E-state index contributed by atoms with van der Waals surface area (Å²) >= 11 is 0. The lowest BCUT2D eigenvalue weighted by Crippen LogP contribution is -2.44. The molecule has 8 nitrogen and oxygen atoms in total. The van der Waals surface area contributed by atoms with Gasteiger partial charge >= 0.3 is 0 Å². The number of amides is 3. The third-order valence-electron chi connectivity index (χ3n) is 5.26. The van der Waals surface area contributed by atoms with Crippen molar-refractivity contribution in [1.29, 1.82) is 0 Å². The Kier molecular flexibility index (Phi) is 5.79. The van der Waals surface area contributed by atoms with Crippen molar-refractivity contribution in [3.63, 3.8) is 0 Å². The van der Waals surface area contributed by atoms with Gasteiger partial charge in [-0.05, 0) is 48.4 Å². The fourth-order valence-electron chi connectivity index (χ4n) is 3.72. The Morgan fingerprint density at radius 3 is 2.58 bits per heavy atom. The van der Waals surface area contributed by atoms with E-state index in [9.17, 15) is 14.4 Å². The SMILES string of the molecule is CCCOc1ccc(N2C(=O)C[C@@H](N(Cc3ccc4c(c3)OCO4)C(C)=O)C2=O)cc1. The topological polar surface area (TPSA) is 85.4 Å². The van der Waals surface area contributed by atoms with Crippen molar-refractivity contribution in [2.75, 3.05) is 18.3 Å². The molecule has 0 N–H and O–H groups in total. The van der Waals surface area contributed by atoms with Crippen molar-refractivity contribution >= 4 is 23.4 Å². The summed E-state index contributed by atoms with van der Waals surface area (Å²) in [5, 5.41) is 0. The summed E-state index contributed by atoms with van der Waals surface area (Å²) in [5.41, 5.74) is 1.25. The smallest absolute Gasteiger partial charge is 0.257 e. The summed E-state index contributed by atoms with van der Waals surface area (Å²) < 4.78 is 16.3. The molecule has 31 heavy (non-hydrogen) atoms. The van der Waals surface area contributed by atoms with Gasteiger partial charge in [-0.2, -0.15) is 0 Å². The molecule has 0 saturated carbocycles. The average Bonchev–Trinajstić information content (AvgIpc) is 3.34. The molecule has 0 radical (unpaired) electrons. The van der Waals surface area contributed by atoms with E-state index in [2.05, 4.69) is 0 Å². The maximum absolute atomic E-state index is 13.1. The zero-order valence-electron chi connectivity index (χ0n) is 17.5. The molecule has 0 aliphatic carbocycles. The zero-order valence-corrected chi connectivity index (χ0v) is 17.5. The summed E-state index contributed by atoms with van der Waals surface area (Å²) in [6.45, 7) is 4.35. The molecule has 0 spiro atoms. The summed E-state index contributed by atoms with van der Waals surface area (Å²) in [6.07, 6.45) is 0.827. The number of fused-ring (bicyclic) bond motifs is 1. The number of ether oxygens (including phenoxy) is 3. The van der Waals surface area contributed by atoms with E-state index in [-0.39, 0.29) is 31.6 Å². The molecule has 1 fully saturated rings. The molecule has 4 rings (SSSR count). The van der Waals surface area contributed by atoms with E-state index in [1.165, 1.54) is 11.8 Å². The molecular formula is C23H24N2O6. The predicted octanol–water partition coefficient (Wildman–Crippen LogP) is 2.88. The minimum atomic E-state index is -0.855. The van der Waals surface area contributed by atoms with Gasteiger partial charge in [-0.1, -0.05) is 13.0 Å². The molecule has 2 aromatic carbocycles. The number of hydrogen-bond donors (Lipinski definition) is 0. The van der Waals surface area contributed by atoms with Gasteiger partial charge in [0.05, 0.1) is 18.7 Å². The van der Waals surface area contributed by atoms with Gasteiger partial charge in [0.2, 0.25) is 18.6 Å². The molecular weight excluding hydrogens is 400 g/mol. The van der Waals surface area contributed by atoms with Crippen molar-refractivity contribution < 1.29 is 28.6 Å². The quantitative estimate of drug-likeness (QED) is 0.636. The summed E-state index contributed by atoms with van der Waals surface area (Å²) in [5.74, 6) is 0.880. The highest BCUT2D eigenvalue weighted by molar-refractivity contribution is 6.23. The standard InChI is InChI=1S/C23H24N2O6/c1-3-10-29-18-7-5-17(6-8-18)25-22(27)12-19(23(25)28)24(15(2)26)13-16-4-9-20-21(11-16)31-14-30-20/h4-9,11,19H,3,10,12-14H2,1-2H3/t19-/m1/s1. The number of benzene rings is 2. The number of nitrogens with zero attached hydrogens (tertiary/aromatic N) is 2. The number of hydrogen-bond acceptors (Lipinski definition) is 6. The van der Waals surface area contributed by atoms with Crippen molar-refractivity contribution in [2.45, 2.75) is 39.3 Å². The van der Waals surface area contributed by atoms with Gasteiger partial charge in [0, 0.05) is 13.5 Å². The number of anilines is 1. The number of carbonyl (C=O) groups is 3. The summed E-state index contributed by atoms with van der Waals surface area (Å²) in [6, 6.07) is 11.3. The molecule has 1 atom stereocenters. The molecule has 2 heterocycles. The Balaban J connectivity index is 1.52. The van der Waals surface area contributed by atoms with Gasteiger partial charge in [0.25, 0.3) is 5.91 Å². The van der Waals surface area contributed by atoms with Crippen LogP contribution in [0.3, 0.4) is 0 Å². The van der Waals surface area contributed by atoms with Crippen LogP contribution in [0.1, 0.15) is 32.3 Å². The maximum Gasteiger partial charge on any atom is 0.257 e. The van der Waals surface area contributed by atoms with Crippen molar-refractivity contribution in [3.05, 3.63) is 48.0 Å². The fourth-order valence-corrected chi connectivity index (χ4v) is 3.72. The maximum atomic E-state index is 13.1. The van der Waals surface area contributed by atoms with E-state index in [0.29, 0.717) is 29.5 Å². The van der Waals surface area contributed by atoms with E-state index in [1.807, 2.05) is 13.0 Å². The highest BCUT2D eigenvalue weighted by Gasteiger charge is 2.43. The van der Waals surface area contributed by atoms with E-state index >= 15 is 0 Å². The molecule has 2 aromatic rings. The molecule has 1 saturated heterocycles.